The van der Waals surface area contributed by atoms with E-state index >= 15 is 0 Å². The van der Waals surface area contributed by atoms with Crippen LogP contribution < -0.4 is 0 Å². The number of carbonyl (C=O) groups excluding carboxylic acids is 3. The molecule has 0 spiro atoms. The van der Waals surface area contributed by atoms with E-state index in [1.165, 1.54) is 0 Å². The first-order valence-corrected chi connectivity index (χ1v) is 11.5. The van der Waals surface area contributed by atoms with E-state index in [0.29, 0.717) is 38.9 Å². The van der Waals surface area contributed by atoms with Gasteiger partial charge in [-0.15, -0.1) is 0 Å². The van der Waals surface area contributed by atoms with Crippen LogP contribution in [0.25, 0.3) is 0 Å². The van der Waals surface area contributed by atoms with Gasteiger partial charge in [0, 0.05) is 6.42 Å². The molecule has 0 aliphatic carbocycles. The van der Waals surface area contributed by atoms with Crippen LogP contribution in [0.15, 0.2) is 0 Å². The molecule has 194 valence electrons. The van der Waals surface area contributed by atoms with Crippen molar-refractivity contribution < 1.29 is 43.6 Å². The van der Waals surface area contributed by atoms with Crippen molar-refractivity contribution in [3.05, 3.63) is 0 Å². The Morgan fingerprint density at radius 2 is 1.45 bits per heavy atom. The lowest BCUT2D eigenvalue weighted by Crippen LogP contribution is -2.32. The highest BCUT2D eigenvalue weighted by molar-refractivity contribution is 5.82. The van der Waals surface area contributed by atoms with Crippen LogP contribution in [0.1, 0.15) is 88.0 Å². The second-order valence-corrected chi connectivity index (χ2v) is 9.42. The molecule has 0 bridgehead atoms. The molecule has 1 saturated heterocycles. The van der Waals surface area contributed by atoms with Gasteiger partial charge in [-0.1, -0.05) is 20.8 Å². The molecule has 1 rings (SSSR count). The number of carboxylic acids is 1. The van der Waals surface area contributed by atoms with Gasteiger partial charge >= 0.3 is 23.9 Å². The molecule has 1 aliphatic rings. The summed E-state index contributed by atoms with van der Waals surface area (Å²) in [5.41, 5.74) is -1.78. The number of hydrogen-bond donors (Lipinski definition) is 2. The molecule has 1 aliphatic heterocycles. The number of cyclic esters (lactones) is 1. The molecule has 0 amide bonds. The first-order valence-electron chi connectivity index (χ1n) is 11.5. The second kappa shape index (κ2) is 14.9. The Hall–Kier alpha value is -2.16. The van der Waals surface area contributed by atoms with Crippen molar-refractivity contribution >= 4 is 23.9 Å². The number of rotatable bonds is 9. The van der Waals surface area contributed by atoms with Crippen molar-refractivity contribution in [3.63, 3.8) is 0 Å². The number of aliphatic hydroxyl groups excluding tert-OH is 1. The van der Waals surface area contributed by atoms with Crippen molar-refractivity contribution in [2.24, 2.45) is 16.2 Å². The third kappa shape index (κ3) is 11.5. The number of carboxylic acid groups (broad SMARTS) is 1. The molecule has 0 saturated carbocycles. The van der Waals surface area contributed by atoms with Crippen LogP contribution in [-0.2, 0) is 33.4 Å². The Kier molecular flexibility index (Phi) is 14.9. The lowest BCUT2D eigenvalue weighted by molar-refractivity contribution is -0.167. The molecule has 0 aromatic carbocycles. The maximum absolute atomic E-state index is 11.6. The Morgan fingerprint density at radius 3 is 1.73 bits per heavy atom. The van der Waals surface area contributed by atoms with Crippen LogP contribution in [0.4, 0.5) is 0 Å². The van der Waals surface area contributed by atoms with Gasteiger partial charge in [0.2, 0.25) is 6.10 Å². The summed E-state index contributed by atoms with van der Waals surface area (Å²) in [4.78, 5) is 44.0. The number of aliphatic carboxylic acids is 1. The van der Waals surface area contributed by atoms with Gasteiger partial charge in [-0.3, -0.25) is 14.4 Å². The van der Waals surface area contributed by atoms with Crippen LogP contribution >= 0.6 is 0 Å². The Balaban J connectivity index is 0. The molecule has 0 aromatic rings. The number of ether oxygens (including phenoxy) is 3. The number of aliphatic hydroxyl groups is 1. The summed E-state index contributed by atoms with van der Waals surface area (Å²) < 4.78 is 14.6. The lowest BCUT2D eigenvalue weighted by atomic mass is 9.89. The zero-order chi connectivity index (χ0) is 26.5. The Labute approximate surface area is 198 Å². The summed E-state index contributed by atoms with van der Waals surface area (Å²) in [6.45, 7) is 16.7. The van der Waals surface area contributed by atoms with Crippen molar-refractivity contribution in [2.75, 3.05) is 19.8 Å². The van der Waals surface area contributed by atoms with E-state index in [1.54, 1.807) is 41.5 Å². The van der Waals surface area contributed by atoms with Gasteiger partial charge in [-0.2, -0.15) is 0 Å². The van der Waals surface area contributed by atoms with E-state index in [-0.39, 0.29) is 18.5 Å². The minimum Gasteiger partial charge on any atom is -0.481 e. The third-order valence-corrected chi connectivity index (χ3v) is 5.93. The fraction of sp³-hybridized carbons (Fsp3) is 0.833. The largest absolute Gasteiger partial charge is 0.481 e. The predicted octanol–water partition coefficient (Wildman–Crippen LogP) is 3.75. The highest BCUT2D eigenvalue weighted by Gasteiger charge is 2.35. The zero-order valence-electron chi connectivity index (χ0n) is 21.8. The fourth-order valence-corrected chi connectivity index (χ4v) is 1.79. The second-order valence-electron chi connectivity index (χ2n) is 9.42. The van der Waals surface area contributed by atoms with E-state index in [0.717, 1.165) is 0 Å². The first-order chi connectivity index (χ1) is 15.1. The van der Waals surface area contributed by atoms with E-state index < -0.39 is 34.3 Å². The fourth-order valence-electron chi connectivity index (χ4n) is 1.79. The molecule has 1 fully saturated rings. The summed E-state index contributed by atoms with van der Waals surface area (Å²) in [6, 6.07) is 0. The molecule has 0 aromatic heterocycles. The molecule has 2 N–H and O–H groups in total. The van der Waals surface area contributed by atoms with Crippen LogP contribution in [0.5, 0.6) is 0 Å². The summed E-state index contributed by atoms with van der Waals surface area (Å²) >= 11 is 0. The summed E-state index contributed by atoms with van der Waals surface area (Å²) in [5.74, 6) is -1.79. The zero-order valence-corrected chi connectivity index (χ0v) is 21.8. The minimum absolute atomic E-state index is 0.150. The van der Waals surface area contributed by atoms with Gasteiger partial charge in [0.05, 0.1) is 36.1 Å². The summed E-state index contributed by atoms with van der Waals surface area (Å²) in [6.07, 6.45) is 1.76. The van der Waals surface area contributed by atoms with Crippen molar-refractivity contribution in [3.8, 4) is 0 Å². The van der Waals surface area contributed by atoms with Gasteiger partial charge < -0.3 is 24.4 Å². The average Bonchev–Trinajstić information content (AvgIpc) is 3.18. The molecular formula is C24H44O9. The van der Waals surface area contributed by atoms with Gasteiger partial charge in [0.1, 0.15) is 0 Å². The van der Waals surface area contributed by atoms with E-state index in [4.69, 9.17) is 24.4 Å². The summed E-state index contributed by atoms with van der Waals surface area (Å²) in [7, 11) is 0. The molecule has 9 nitrogen and oxygen atoms in total. The predicted molar refractivity (Wildman–Crippen MR) is 123 cm³/mol. The van der Waals surface area contributed by atoms with E-state index in [2.05, 4.69) is 0 Å². The minimum atomic E-state index is -0.722. The van der Waals surface area contributed by atoms with Crippen LogP contribution in [0.2, 0.25) is 0 Å². The smallest absolute Gasteiger partial charge is 0.347 e. The third-order valence-electron chi connectivity index (χ3n) is 5.93. The first kappa shape index (κ1) is 33.0. The van der Waals surface area contributed by atoms with Crippen molar-refractivity contribution in [1.82, 2.24) is 0 Å². The highest BCUT2D eigenvalue weighted by Crippen LogP contribution is 2.24. The maximum Gasteiger partial charge on any atom is 0.347 e. The van der Waals surface area contributed by atoms with Crippen molar-refractivity contribution in [1.29, 1.82) is 0 Å². The molecule has 1 heterocycles. The number of carbonyl (C=O) groups is 4. The molecule has 33 heavy (non-hydrogen) atoms. The number of hydrogen-bond acceptors (Lipinski definition) is 8. The average molecular weight is 477 g/mol. The Bertz CT molecular complexity index is 634. The SMILES string of the molecule is CCC(C)(C)C(=O)O.CCC(C)(C)C(=O)OC1CCOC1=O.CCOC(=O)C(C)(CC)CO. The number of esters is 3. The van der Waals surface area contributed by atoms with E-state index in [9.17, 15) is 19.2 Å². The normalized spacial score (nSPS) is 17.3. The van der Waals surface area contributed by atoms with Crippen molar-refractivity contribution in [2.45, 2.75) is 94.1 Å². The Morgan fingerprint density at radius 1 is 0.939 bits per heavy atom. The molecule has 9 heteroatoms. The lowest BCUT2D eigenvalue weighted by Gasteiger charge is -2.22. The topological polar surface area (TPSA) is 136 Å². The quantitative estimate of drug-likeness (QED) is 0.376. The maximum atomic E-state index is 11.6. The summed E-state index contributed by atoms with van der Waals surface area (Å²) in [5, 5.41) is 17.3. The molecule has 2 atom stereocenters. The van der Waals surface area contributed by atoms with Crippen LogP contribution in [0.3, 0.4) is 0 Å². The highest BCUT2D eigenvalue weighted by atomic mass is 16.6. The van der Waals surface area contributed by atoms with Crippen LogP contribution in [0, 0.1) is 16.2 Å². The standard InChI is InChI=1S/C10H16O4.C8H16O3.C6H12O2/c1-4-10(2,3)9(12)14-7-5-6-13-8(7)11;1-4-8(3,6-9)7(10)11-5-2;1-4-6(2,3)5(7)8/h7H,4-6H2,1-3H3;9H,4-6H2,1-3H3;4H2,1-3H3,(H,7,8). The molecule has 0 radical (unpaired) electrons. The molecule has 2 unspecified atom stereocenters. The van der Waals surface area contributed by atoms with Gasteiger partial charge in [-0.25, -0.2) is 4.79 Å². The van der Waals surface area contributed by atoms with Crippen LogP contribution in [-0.4, -0.2) is 60.0 Å². The monoisotopic (exact) mass is 476 g/mol. The van der Waals surface area contributed by atoms with Gasteiger partial charge in [-0.05, 0) is 60.8 Å². The van der Waals surface area contributed by atoms with E-state index in [1.807, 2.05) is 20.8 Å². The molecular weight excluding hydrogens is 432 g/mol. The van der Waals surface area contributed by atoms with Gasteiger partial charge in [0.15, 0.2) is 0 Å². The van der Waals surface area contributed by atoms with Gasteiger partial charge in [0.25, 0.3) is 0 Å².